The smallest absolute Gasteiger partial charge is 0.0951 e. The molecule has 3 nitrogen and oxygen atoms in total. The molecule has 3 atom stereocenters. The number of rotatable bonds is 2. The standard InChI is InChI=1S/C17H26N2O/c1-3-14-12-18(2)9-6-10-19(14)16-11-13-7-4-5-8-15(13)17(16)20/h4-5,7-8,14,16-17,20H,3,6,9-12H2,1-2H3. The minimum Gasteiger partial charge on any atom is -0.387 e. The van der Waals surface area contributed by atoms with E-state index >= 15 is 0 Å². The summed E-state index contributed by atoms with van der Waals surface area (Å²) in [6.07, 6.45) is 3.04. The summed E-state index contributed by atoms with van der Waals surface area (Å²) in [6.45, 7) is 5.67. The summed E-state index contributed by atoms with van der Waals surface area (Å²) in [5.41, 5.74) is 2.47. The quantitative estimate of drug-likeness (QED) is 0.894. The van der Waals surface area contributed by atoms with E-state index in [1.54, 1.807) is 0 Å². The van der Waals surface area contributed by atoms with Crippen LogP contribution in [0.25, 0.3) is 0 Å². The number of hydrogen-bond donors (Lipinski definition) is 1. The van der Waals surface area contributed by atoms with Crippen LogP contribution >= 0.6 is 0 Å². The molecule has 0 saturated carbocycles. The van der Waals surface area contributed by atoms with Crippen LogP contribution in [0.5, 0.6) is 0 Å². The van der Waals surface area contributed by atoms with Crippen molar-refractivity contribution in [1.82, 2.24) is 9.80 Å². The minimum absolute atomic E-state index is 0.267. The Hall–Kier alpha value is -0.900. The molecule has 1 aliphatic carbocycles. The van der Waals surface area contributed by atoms with Crippen molar-refractivity contribution >= 4 is 0 Å². The van der Waals surface area contributed by atoms with E-state index in [9.17, 15) is 5.11 Å². The number of aliphatic hydroxyl groups excluding tert-OH is 1. The van der Waals surface area contributed by atoms with E-state index in [4.69, 9.17) is 0 Å². The summed E-state index contributed by atoms with van der Waals surface area (Å²) in [4.78, 5) is 5.01. The lowest BCUT2D eigenvalue weighted by Gasteiger charge is -2.36. The minimum atomic E-state index is -0.316. The number of nitrogens with zero attached hydrogens (tertiary/aromatic N) is 2. The van der Waals surface area contributed by atoms with Gasteiger partial charge in [-0.1, -0.05) is 31.2 Å². The maximum Gasteiger partial charge on any atom is 0.0951 e. The molecule has 1 fully saturated rings. The largest absolute Gasteiger partial charge is 0.387 e. The first-order valence-corrected chi connectivity index (χ1v) is 7.91. The Morgan fingerprint density at radius 3 is 2.80 bits per heavy atom. The molecule has 1 N–H and O–H groups in total. The van der Waals surface area contributed by atoms with Crippen LogP contribution in [0.4, 0.5) is 0 Å². The van der Waals surface area contributed by atoms with Gasteiger partial charge in [-0.15, -0.1) is 0 Å². The lowest BCUT2D eigenvalue weighted by molar-refractivity contribution is 0.0336. The molecule has 0 amide bonds. The molecule has 20 heavy (non-hydrogen) atoms. The Bertz CT molecular complexity index is 462. The lowest BCUT2D eigenvalue weighted by atomic mass is 10.1. The first kappa shape index (κ1) is 14.1. The molecule has 3 rings (SSSR count). The van der Waals surface area contributed by atoms with E-state index in [-0.39, 0.29) is 12.1 Å². The summed E-state index contributed by atoms with van der Waals surface area (Å²) < 4.78 is 0. The molecule has 3 unspecified atom stereocenters. The fourth-order valence-electron chi connectivity index (χ4n) is 3.91. The average molecular weight is 274 g/mol. The molecular weight excluding hydrogens is 248 g/mol. The predicted octanol–water partition coefficient (Wildman–Crippen LogP) is 2.06. The van der Waals surface area contributed by atoms with Crippen molar-refractivity contribution in [3.05, 3.63) is 35.4 Å². The van der Waals surface area contributed by atoms with Gasteiger partial charge in [0.15, 0.2) is 0 Å². The molecule has 1 heterocycles. The predicted molar refractivity (Wildman–Crippen MR) is 81.8 cm³/mol. The molecule has 1 aromatic carbocycles. The van der Waals surface area contributed by atoms with Gasteiger partial charge in [-0.25, -0.2) is 0 Å². The number of fused-ring (bicyclic) bond motifs is 1. The van der Waals surface area contributed by atoms with Gasteiger partial charge in [0.2, 0.25) is 0 Å². The van der Waals surface area contributed by atoms with Crippen LogP contribution in [0, 0.1) is 0 Å². The zero-order valence-electron chi connectivity index (χ0n) is 12.6. The topological polar surface area (TPSA) is 26.7 Å². The summed E-state index contributed by atoms with van der Waals surface area (Å²) in [5, 5.41) is 10.7. The van der Waals surface area contributed by atoms with Crippen LogP contribution in [0.15, 0.2) is 24.3 Å². The van der Waals surface area contributed by atoms with Gasteiger partial charge in [0, 0.05) is 25.2 Å². The second-order valence-electron chi connectivity index (χ2n) is 6.33. The van der Waals surface area contributed by atoms with E-state index < -0.39 is 0 Å². The Labute approximate surface area is 122 Å². The third-order valence-corrected chi connectivity index (χ3v) is 5.01. The second-order valence-corrected chi connectivity index (χ2v) is 6.33. The van der Waals surface area contributed by atoms with Crippen molar-refractivity contribution in [2.75, 3.05) is 26.7 Å². The third kappa shape index (κ3) is 2.50. The maximum atomic E-state index is 10.7. The first-order chi connectivity index (χ1) is 9.70. The molecule has 110 valence electrons. The van der Waals surface area contributed by atoms with Crippen LogP contribution in [0.3, 0.4) is 0 Å². The number of hydrogen-bond acceptors (Lipinski definition) is 3. The van der Waals surface area contributed by atoms with Gasteiger partial charge in [-0.2, -0.15) is 0 Å². The fourth-order valence-corrected chi connectivity index (χ4v) is 3.91. The number of likely N-dealkylation sites (N-methyl/N-ethyl adjacent to an activating group) is 1. The molecule has 1 aliphatic heterocycles. The van der Waals surface area contributed by atoms with E-state index in [1.165, 1.54) is 18.5 Å². The normalized spacial score (nSPS) is 32.0. The van der Waals surface area contributed by atoms with Crippen molar-refractivity contribution in [1.29, 1.82) is 0 Å². The van der Waals surface area contributed by atoms with Crippen LogP contribution < -0.4 is 0 Å². The van der Waals surface area contributed by atoms with Gasteiger partial charge in [0.05, 0.1) is 6.10 Å². The van der Waals surface area contributed by atoms with Crippen LogP contribution in [-0.4, -0.2) is 53.7 Å². The van der Waals surface area contributed by atoms with Gasteiger partial charge >= 0.3 is 0 Å². The summed E-state index contributed by atoms with van der Waals surface area (Å²) in [7, 11) is 2.21. The average Bonchev–Trinajstić information content (AvgIpc) is 2.66. The third-order valence-electron chi connectivity index (χ3n) is 5.01. The zero-order valence-corrected chi connectivity index (χ0v) is 12.6. The van der Waals surface area contributed by atoms with Crippen molar-refractivity contribution in [2.24, 2.45) is 0 Å². The van der Waals surface area contributed by atoms with Crippen LogP contribution in [0.1, 0.15) is 37.0 Å². The molecule has 0 radical (unpaired) electrons. The summed E-state index contributed by atoms with van der Waals surface area (Å²) in [5.74, 6) is 0. The molecule has 2 aliphatic rings. The Kier molecular flexibility index (Phi) is 4.11. The highest BCUT2D eigenvalue weighted by atomic mass is 16.3. The van der Waals surface area contributed by atoms with Gasteiger partial charge in [-0.05, 0) is 44.0 Å². The summed E-state index contributed by atoms with van der Waals surface area (Å²) in [6, 6.07) is 9.22. The van der Waals surface area contributed by atoms with E-state index in [2.05, 4.69) is 42.0 Å². The molecule has 0 spiro atoms. The van der Waals surface area contributed by atoms with E-state index in [0.29, 0.717) is 6.04 Å². The lowest BCUT2D eigenvalue weighted by Crippen LogP contribution is -2.47. The molecule has 0 bridgehead atoms. The molecular formula is C17H26N2O. The fraction of sp³-hybridized carbons (Fsp3) is 0.647. The first-order valence-electron chi connectivity index (χ1n) is 7.91. The van der Waals surface area contributed by atoms with Crippen molar-refractivity contribution in [2.45, 2.75) is 44.4 Å². The van der Waals surface area contributed by atoms with Crippen molar-refractivity contribution in [3.63, 3.8) is 0 Å². The van der Waals surface area contributed by atoms with Crippen molar-refractivity contribution < 1.29 is 5.11 Å². The Balaban J connectivity index is 1.82. The Morgan fingerprint density at radius 2 is 2.05 bits per heavy atom. The van der Waals surface area contributed by atoms with E-state index in [0.717, 1.165) is 31.5 Å². The monoisotopic (exact) mass is 274 g/mol. The van der Waals surface area contributed by atoms with Gasteiger partial charge < -0.3 is 10.0 Å². The molecule has 1 aromatic rings. The highest BCUT2D eigenvalue weighted by molar-refractivity contribution is 5.36. The summed E-state index contributed by atoms with van der Waals surface area (Å²) >= 11 is 0. The van der Waals surface area contributed by atoms with Crippen LogP contribution in [0.2, 0.25) is 0 Å². The highest BCUT2D eigenvalue weighted by Crippen LogP contribution is 2.36. The zero-order chi connectivity index (χ0) is 14.1. The Morgan fingerprint density at radius 1 is 1.25 bits per heavy atom. The highest BCUT2D eigenvalue weighted by Gasteiger charge is 2.38. The van der Waals surface area contributed by atoms with Gasteiger partial charge in [-0.3, -0.25) is 4.90 Å². The van der Waals surface area contributed by atoms with Gasteiger partial charge in [0.25, 0.3) is 0 Å². The maximum absolute atomic E-state index is 10.7. The number of aliphatic hydroxyl groups is 1. The molecule has 1 saturated heterocycles. The SMILES string of the molecule is CCC1CN(C)CCCN1C1Cc2ccccc2C1O. The van der Waals surface area contributed by atoms with Gasteiger partial charge in [0.1, 0.15) is 0 Å². The van der Waals surface area contributed by atoms with E-state index in [1.807, 2.05) is 6.07 Å². The molecule has 0 aromatic heterocycles. The van der Waals surface area contributed by atoms with Crippen LogP contribution in [-0.2, 0) is 6.42 Å². The second kappa shape index (κ2) is 5.84. The number of benzene rings is 1. The van der Waals surface area contributed by atoms with Crippen molar-refractivity contribution in [3.8, 4) is 0 Å². The molecule has 3 heteroatoms.